The lowest BCUT2D eigenvalue weighted by Crippen LogP contribution is -2.41. The van der Waals surface area contributed by atoms with Crippen LogP contribution in [0.15, 0.2) is 12.4 Å². The van der Waals surface area contributed by atoms with E-state index < -0.39 is 6.29 Å². The first kappa shape index (κ1) is 11.3. The van der Waals surface area contributed by atoms with E-state index in [4.69, 9.17) is 15.2 Å². The summed E-state index contributed by atoms with van der Waals surface area (Å²) in [6.07, 6.45) is 2.61. The van der Waals surface area contributed by atoms with Gasteiger partial charge in [0.05, 0.1) is 23.6 Å². The summed E-state index contributed by atoms with van der Waals surface area (Å²) in [5.41, 5.74) is 5.40. The van der Waals surface area contributed by atoms with Gasteiger partial charge in [0.2, 0.25) is 6.29 Å². The standard InChI is InChI=1S/C11H17N3O2/c1-10(2)11(3,4)16-9(15-10)7-5-14-8(12)6-13-7/h5-6,9H,1-4H3,(H2,12,14). The van der Waals surface area contributed by atoms with Crippen LogP contribution in [-0.2, 0) is 9.47 Å². The maximum Gasteiger partial charge on any atom is 0.203 e. The number of aromatic nitrogens is 2. The minimum Gasteiger partial charge on any atom is -0.382 e. The average Bonchev–Trinajstić information content (AvgIpc) is 2.37. The number of ether oxygens (including phenoxy) is 2. The molecule has 1 saturated heterocycles. The molecule has 0 amide bonds. The summed E-state index contributed by atoms with van der Waals surface area (Å²) in [4.78, 5) is 8.13. The molecular weight excluding hydrogens is 206 g/mol. The number of nitrogen functional groups attached to an aromatic ring is 1. The molecule has 1 aliphatic heterocycles. The summed E-state index contributed by atoms with van der Waals surface area (Å²) in [7, 11) is 0. The Balaban J connectivity index is 2.23. The lowest BCUT2D eigenvalue weighted by molar-refractivity contribution is -0.0924. The van der Waals surface area contributed by atoms with Crippen LogP contribution in [0.1, 0.15) is 39.7 Å². The average molecular weight is 223 g/mol. The molecule has 16 heavy (non-hydrogen) atoms. The van der Waals surface area contributed by atoms with Crippen LogP contribution in [0, 0.1) is 0 Å². The highest BCUT2D eigenvalue weighted by molar-refractivity contribution is 5.23. The fourth-order valence-corrected chi connectivity index (χ4v) is 1.43. The van der Waals surface area contributed by atoms with Gasteiger partial charge in [-0.3, -0.25) is 4.98 Å². The summed E-state index contributed by atoms with van der Waals surface area (Å²) in [5.74, 6) is 0.389. The van der Waals surface area contributed by atoms with Crippen LogP contribution in [0.5, 0.6) is 0 Å². The van der Waals surface area contributed by atoms with Crippen molar-refractivity contribution in [3.8, 4) is 0 Å². The fourth-order valence-electron chi connectivity index (χ4n) is 1.43. The van der Waals surface area contributed by atoms with Gasteiger partial charge in [-0.25, -0.2) is 4.98 Å². The molecule has 5 heteroatoms. The molecule has 1 fully saturated rings. The highest BCUT2D eigenvalue weighted by Crippen LogP contribution is 2.43. The molecule has 1 aliphatic rings. The first-order valence-electron chi connectivity index (χ1n) is 5.25. The number of hydrogen-bond donors (Lipinski definition) is 1. The molecule has 1 aromatic heterocycles. The topological polar surface area (TPSA) is 70.3 Å². The first-order chi connectivity index (χ1) is 7.32. The van der Waals surface area contributed by atoms with Crippen molar-refractivity contribution < 1.29 is 9.47 Å². The zero-order chi connectivity index (χ0) is 12.0. The fraction of sp³-hybridized carbons (Fsp3) is 0.636. The number of nitrogens with two attached hydrogens (primary N) is 1. The van der Waals surface area contributed by atoms with Crippen molar-refractivity contribution in [2.24, 2.45) is 0 Å². The normalized spacial score (nSPS) is 23.5. The number of nitrogens with zero attached hydrogens (tertiary/aromatic N) is 2. The van der Waals surface area contributed by atoms with Gasteiger partial charge in [-0.1, -0.05) is 0 Å². The van der Waals surface area contributed by atoms with Crippen LogP contribution in [0.3, 0.4) is 0 Å². The summed E-state index contributed by atoms with van der Waals surface area (Å²) in [6.45, 7) is 7.99. The molecule has 88 valence electrons. The van der Waals surface area contributed by atoms with E-state index in [2.05, 4.69) is 9.97 Å². The molecule has 2 rings (SSSR count). The van der Waals surface area contributed by atoms with Crippen molar-refractivity contribution in [1.82, 2.24) is 9.97 Å². The van der Waals surface area contributed by atoms with Crippen molar-refractivity contribution in [1.29, 1.82) is 0 Å². The SMILES string of the molecule is CC1(C)OC(c2cnc(N)cn2)OC1(C)C. The van der Waals surface area contributed by atoms with Crippen molar-refractivity contribution in [2.75, 3.05) is 5.73 Å². The van der Waals surface area contributed by atoms with Crippen molar-refractivity contribution >= 4 is 5.82 Å². The van der Waals surface area contributed by atoms with E-state index in [1.807, 2.05) is 27.7 Å². The number of anilines is 1. The third-order valence-electron chi connectivity index (χ3n) is 3.19. The zero-order valence-electron chi connectivity index (χ0n) is 10.0. The second-order valence-electron chi connectivity index (χ2n) is 4.95. The predicted octanol–water partition coefficient (Wildman–Crippen LogP) is 1.66. The van der Waals surface area contributed by atoms with Gasteiger partial charge >= 0.3 is 0 Å². The Kier molecular flexibility index (Phi) is 2.40. The van der Waals surface area contributed by atoms with Crippen LogP contribution in [0.2, 0.25) is 0 Å². The molecule has 0 unspecified atom stereocenters. The van der Waals surface area contributed by atoms with E-state index in [9.17, 15) is 0 Å². The molecule has 5 nitrogen and oxygen atoms in total. The van der Waals surface area contributed by atoms with E-state index in [-0.39, 0.29) is 11.2 Å². The molecule has 0 radical (unpaired) electrons. The van der Waals surface area contributed by atoms with Crippen molar-refractivity contribution in [2.45, 2.75) is 45.2 Å². The maximum atomic E-state index is 5.82. The lowest BCUT2D eigenvalue weighted by Gasteiger charge is -2.30. The minimum absolute atomic E-state index is 0.360. The first-order valence-corrected chi connectivity index (χ1v) is 5.25. The second kappa shape index (κ2) is 3.40. The van der Waals surface area contributed by atoms with Gasteiger partial charge in [0.1, 0.15) is 11.5 Å². The van der Waals surface area contributed by atoms with Gasteiger partial charge in [0, 0.05) is 0 Å². The Morgan fingerprint density at radius 1 is 1.06 bits per heavy atom. The lowest BCUT2D eigenvalue weighted by atomic mass is 9.90. The molecule has 1 aromatic rings. The Labute approximate surface area is 95.0 Å². The van der Waals surface area contributed by atoms with Gasteiger partial charge in [0.15, 0.2) is 0 Å². The van der Waals surface area contributed by atoms with Crippen LogP contribution in [0.25, 0.3) is 0 Å². The number of rotatable bonds is 1. The summed E-state index contributed by atoms with van der Waals surface area (Å²) < 4.78 is 11.6. The van der Waals surface area contributed by atoms with E-state index in [0.717, 1.165) is 0 Å². The van der Waals surface area contributed by atoms with E-state index >= 15 is 0 Å². The van der Waals surface area contributed by atoms with E-state index in [0.29, 0.717) is 11.5 Å². The Morgan fingerprint density at radius 3 is 2.06 bits per heavy atom. The molecule has 0 aromatic carbocycles. The molecule has 0 atom stereocenters. The van der Waals surface area contributed by atoms with Gasteiger partial charge in [-0.05, 0) is 27.7 Å². The highest BCUT2D eigenvalue weighted by atomic mass is 16.7. The summed E-state index contributed by atoms with van der Waals surface area (Å²) in [6, 6.07) is 0. The summed E-state index contributed by atoms with van der Waals surface area (Å²) in [5, 5.41) is 0. The molecule has 0 saturated carbocycles. The van der Waals surface area contributed by atoms with E-state index in [1.165, 1.54) is 6.20 Å². The second-order valence-corrected chi connectivity index (χ2v) is 4.95. The van der Waals surface area contributed by atoms with Crippen LogP contribution in [-0.4, -0.2) is 21.2 Å². The smallest absolute Gasteiger partial charge is 0.203 e. The monoisotopic (exact) mass is 223 g/mol. The Morgan fingerprint density at radius 2 is 1.62 bits per heavy atom. The molecule has 2 N–H and O–H groups in total. The van der Waals surface area contributed by atoms with Crippen molar-refractivity contribution in [3.05, 3.63) is 18.1 Å². The van der Waals surface area contributed by atoms with Crippen molar-refractivity contribution in [3.63, 3.8) is 0 Å². The molecule has 0 spiro atoms. The molecule has 2 heterocycles. The third kappa shape index (κ3) is 1.76. The van der Waals surface area contributed by atoms with Gasteiger partial charge in [0.25, 0.3) is 0 Å². The molecular formula is C11H17N3O2. The Bertz CT molecular complexity index is 371. The zero-order valence-corrected chi connectivity index (χ0v) is 10.0. The highest BCUT2D eigenvalue weighted by Gasteiger charge is 2.50. The van der Waals surface area contributed by atoms with Crippen LogP contribution < -0.4 is 5.73 Å². The van der Waals surface area contributed by atoms with Gasteiger partial charge in [-0.15, -0.1) is 0 Å². The molecule has 0 bridgehead atoms. The molecule has 0 aliphatic carbocycles. The van der Waals surface area contributed by atoms with Crippen LogP contribution in [0.4, 0.5) is 5.82 Å². The predicted molar refractivity (Wildman–Crippen MR) is 59.5 cm³/mol. The van der Waals surface area contributed by atoms with E-state index in [1.54, 1.807) is 6.20 Å². The minimum atomic E-state index is -0.474. The maximum absolute atomic E-state index is 5.82. The summed E-state index contributed by atoms with van der Waals surface area (Å²) >= 11 is 0. The quantitative estimate of drug-likeness (QED) is 0.784. The van der Waals surface area contributed by atoms with Gasteiger partial charge < -0.3 is 15.2 Å². The number of hydrogen-bond acceptors (Lipinski definition) is 5. The Hall–Kier alpha value is -1.20. The van der Waals surface area contributed by atoms with Crippen LogP contribution >= 0.6 is 0 Å². The van der Waals surface area contributed by atoms with Gasteiger partial charge in [-0.2, -0.15) is 0 Å². The largest absolute Gasteiger partial charge is 0.382 e. The third-order valence-corrected chi connectivity index (χ3v) is 3.19.